The van der Waals surface area contributed by atoms with Crippen LogP contribution in [-0.2, 0) is 0 Å². The molecule has 21 heavy (non-hydrogen) atoms. The summed E-state index contributed by atoms with van der Waals surface area (Å²) in [6.45, 7) is 5.29. The summed E-state index contributed by atoms with van der Waals surface area (Å²) in [7, 11) is 2.17. The van der Waals surface area contributed by atoms with Gasteiger partial charge >= 0.3 is 0 Å². The molecule has 1 aliphatic carbocycles. The van der Waals surface area contributed by atoms with Gasteiger partial charge in [-0.3, -0.25) is 4.90 Å². The molecule has 1 atom stereocenters. The minimum Gasteiger partial charge on any atom is -0.329 e. The van der Waals surface area contributed by atoms with E-state index in [1.54, 1.807) is 6.07 Å². The van der Waals surface area contributed by atoms with Crippen molar-refractivity contribution in [2.24, 2.45) is 11.1 Å². The summed E-state index contributed by atoms with van der Waals surface area (Å²) in [5.74, 6) is 0. The number of hydrogen-bond acceptors (Lipinski definition) is 2. The van der Waals surface area contributed by atoms with Gasteiger partial charge in [0.05, 0.1) is 0 Å². The molecule has 0 spiro atoms. The Morgan fingerprint density at radius 1 is 1.29 bits per heavy atom. The average Bonchev–Trinajstić information content (AvgIpc) is 2.41. The third kappa shape index (κ3) is 4.13. The van der Waals surface area contributed by atoms with Crippen molar-refractivity contribution >= 4 is 23.2 Å². The Morgan fingerprint density at radius 3 is 2.43 bits per heavy atom. The molecule has 4 heteroatoms. The van der Waals surface area contributed by atoms with Crippen LogP contribution in [0.4, 0.5) is 0 Å². The Kier molecular flexibility index (Phi) is 5.59. The van der Waals surface area contributed by atoms with Gasteiger partial charge in [0.15, 0.2) is 0 Å². The van der Waals surface area contributed by atoms with Crippen molar-refractivity contribution in [3.8, 4) is 0 Å². The molecule has 1 unspecified atom stereocenters. The first-order valence-electron chi connectivity index (χ1n) is 7.71. The van der Waals surface area contributed by atoms with Crippen LogP contribution in [0.2, 0.25) is 10.0 Å². The van der Waals surface area contributed by atoms with Crippen LogP contribution in [-0.4, -0.2) is 24.5 Å². The quantitative estimate of drug-likeness (QED) is 0.852. The smallest absolute Gasteiger partial charge is 0.0485 e. The summed E-state index contributed by atoms with van der Waals surface area (Å²) in [4.78, 5) is 2.41. The van der Waals surface area contributed by atoms with Crippen LogP contribution in [0.5, 0.6) is 0 Å². The lowest BCUT2D eigenvalue weighted by molar-refractivity contribution is 0.0967. The van der Waals surface area contributed by atoms with Crippen LogP contribution in [0.1, 0.15) is 51.1 Å². The molecule has 118 valence electrons. The van der Waals surface area contributed by atoms with E-state index in [0.717, 1.165) is 5.56 Å². The normalized spacial score (nSPS) is 20.7. The highest BCUT2D eigenvalue weighted by atomic mass is 35.5. The summed E-state index contributed by atoms with van der Waals surface area (Å²) >= 11 is 12.4. The van der Waals surface area contributed by atoms with E-state index in [4.69, 9.17) is 28.9 Å². The predicted molar refractivity (Wildman–Crippen MR) is 92.1 cm³/mol. The zero-order valence-corrected chi connectivity index (χ0v) is 14.7. The summed E-state index contributed by atoms with van der Waals surface area (Å²) in [5.41, 5.74) is 7.60. The molecule has 1 aliphatic rings. The van der Waals surface area contributed by atoms with E-state index in [9.17, 15) is 0 Å². The summed E-state index contributed by atoms with van der Waals surface area (Å²) < 4.78 is 0. The molecule has 1 saturated carbocycles. The molecule has 2 N–H and O–H groups in total. The molecular formula is C17H26Cl2N2. The summed E-state index contributed by atoms with van der Waals surface area (Å²) in [6.07, 6.45) is 5.00. The van der Waals surface area contributed by atoms with Gasteiger partial charge in [-0.25, -0.2) is 0 Å². The minimum absolute atomic E-state index is 0.154. The molecule has 0 saturated heterocycles. The van der Waals surface area contributed by atoms with E-state index in [0.29, 0.717) is 28.0 Å². The van der Waals surface area contributed by atoms with Crippen LogP contribution in [0.3, 0.4) is 0 Å². The van der Waals surface area contributed by atoms with Crippen LogP contribution in [0.25, 0.3) is 0 Å². The molecule has 2 nitrogen and oxygen atoms in total. The van der Waals surface area contributed by atoms with Gasteiger partial charge in [0, 0.05) is 28.7 Å². The third-order valence-electron chi connectivity index (χ3n) is 4.92. The van der Waals surface area contributed by atoms with Gasteiger partial charge in [0.2, 0.25) is 0 Å². The monoisotopic (exact) mass is 328 g/mol. The molecule has 0 radical (unpaired) electrons. The predicted octanol–water partition coefficient (Wildman–Crippen LogP) is 4.89. The first-order chi connectivity index (χ1) is 9.84. The van der Waals surface area contributed by atoms with Gasteiger partial charge in [-0.2, -0.15) is 0 Å². The highest BCUT2D eigenvalue weighted by molar-refractivity contribution is 6.35. The van der Waals surface area contributed by atoms with Crippen LogP contribution in [0, 0.1) is 5.41 Å². The van der Waals surface area contributed by atoms with Gasteiger partial charge in [-0.15, -0.1) is 0 Å². The number of hydrogen-bond donors (Lipinski definition) is 1. The van der Waals surface area contributed by atoms with E-state index < -0.39 is 0 Å². The Morgan fingerprint density at radius 2 is 1.90 bits per heavy atom. The fourth-order valence-electron chi connectivity index (χ4n) is 3.33. The van der Waals surface area contributed by atoms with Gasteiger partial charge in [0.1, 0.15) is 0 Å². The molecule has 0 amide bonds. The van der Waals surface area contributed by atoms with Crippen molar-refractivity contribution in [3.63, 3.8) is 0 Å². The standard InChI is InChI=1S/C17H26Cl2N2/c1-17(2)8-6-13(7-9-17)21(3)16(11-20)14-5-4-12(18)10-15(14)19/h4-5,10,13,16H,6-9,11,20H2,1-3H3. The van der Waals surface area contributed by atoms with E-state index >= 15 is 0 Å². The largest absolute Gasteiger partial charge is 0.329 e. The lowest BCUT2D eigenvalue weighted by atomic mass is 9.75. The topological polar surface area (TPSA) is 29.3 Å². The second kappa shape index (κ2) is 6.87. The maximum Gasteiger partial charge on any atom is 0.0485 e. The third-order valence-corrected chi connectivity index (χ3v) is 5.48. The Balaban J connectivity index is 2.13. The van der Waals surface area contributed by atoms with E-state index in [1.165, 1.54) is 25.7 Å². The lowest BCUT2D eigenvalue weighted by Crippen LogP contribution is -2.41. The molecule has 1 aromatic carbocycles. The molecular weight excluding hydrogens is 303 g/mol. The van der Waals surface area contributed by atoms with Crippen molar-refractivity contribution in [1.29, 1.82) is 0 Å². The molecule has 1 fully saturated rings. The average molecular weight is 329 g/mol. The first-order valence-corrected chi connectivity index (χ1v) is 8.46. The molecule has 0 aliphatic heterocycles. The Labute approximate surface area is 138 Å². The summed E-state index contributed by atoms with van der Waals surface area (Å²) in [5, 5.41) is 1.38. The molecule has 0 bridgehead atoms. The number of halogens is 2. The van der Waals surface area contributed by atoms with Crippen molar-refractivity contribution in [3.05, 3.63) is 33.8 Å². The maximum absolute atomic E-state index is 6.36. The molecule has 0 heterocycles. The van der Waals surface area contributed by atoms with Crippen LogP contribution < -0.4 is 5.73 Å². The van der Waals surface area contributed by atoms with Gasteiger partial charge < -0.3 is 5.73 Å². The SMILES string of the molecule is CN(C1CCC(C)(C)CC1)C(CN)c1ccc(Cl)cc1Cl. The second-order valence-corrected chi connectivity index (χ2v) is 7.82. The van der Waals surface area contributed by atoms with Crippen LogP contribution in [0.15, 0.2) is 18.2 Å². The van der Waals surface area contributed by atoms with Crippen molar-refractivity contribution in [2.45, 2.75) is 51.6 Å². The Hall–Kier alpha value is -0.280. The number of nitrogens with zero attached hydrogens (tertiary/aromatic N) is 1. The van der Waals surface area contributed by atoms with Gasteiger partial charge in [0.25, 0.3) is 0 Å². The highest BCUT2D eigenvalue weighted by Gasteiger charge is 2.32. The highest BCUT2D eigenvalue weighted by Crippen LogP contribution is 2.39. The molecule has 1 aromatic rings. The fourth-order valence-corrected chi connectivity index (χ4v) is 3.86. The number of likely N-dealkylation sites (N-methyl/N-ethyl adjacent to an activating group) is 1. The number of benzene rings is 1. The van der Waals surface area contributed by atoms with E-state index in [1.807, 2.05) is 12.1 Å². The maximum atomic E-state index is 6.36. The molecule has 2 rings (SSSR count). The van der Waals surface area contributed by atoms with Crippen molar-refractivity contribution < 1.29 is 0 Å². The van der Waals surface area contributed by atoms with E-state index in [2.05, 4.69) is 25.8 Å². The minimum atomic E-state index is 0.154. The zero-order chi connectivity index (χ0) is 15.6. The van der Waals surface area contributed by atoms with Gasteiger partial charge in [-0.1, -0.05) is 43.1 Å². The van der Waals surface area contributed by atoms with Crippen LogP contribution >= 0.6 is 23.2 Å². The lowest BCUT2D eigenvalue weighted by Gasteiger charge is -2.41. The van der Waals surface area contributed by atoms with E-state index in [-0.39, 0.29) is 6.04 Å². The first kappa shape index (κ1) is 17.1. The summed E-state index contributed by atoms with van der Waals surface area (Å²) in [6, 6.07) is 6.44. The second-order valence-electron chi connectivity index (χ2n) is 6.98. The molecule has 0 aromatic heterocycles. The number of nitrogens with two attached hydrogens (primary N) is 1. The Bertz CT molecular complexity index is 478. The number of rotatable bonds is 4. The van der Waals surface area contributed by atoms with Crippen molar-refractivity contribution in [2.75, 3.05) is 13.6 Å². The fraction of sp³-hybridized carbons (Fsp3) is 0.647. The van der Waals surface area contributed by atoms with Gasteiger partial charge in [-0.05, 0) is 55.8 Å². The van der Waals surface area contributed by atoms with Crippen molar-refractivity contribution in [1.82, 2.24) is 4.90 Å². The zero-order valence-electron chi connectivity index (χ0n) is 13.2.